The minimum absolute atomic E-state index is 0.0890. The zero-order chi connectivity index (χ0) is 9.68. The van der Waals surface area contributed by atoms with Crippen molar-refractivity contribution in [1.29, 1.82) is 0 Å². The van der Waals surface area contributed by atoms with Crippen LogP contribution in [-0.4, -0.2) is 16.8 Å². The van der Waals surface area contributed by atoms with E-state index in [0.717, 1.165) is 5.56 Å². The van der Waals surface area contributed by atoms with E-state index in [1.807, 2.05) is 18.2 Å². The van der Waals surface area contributed by atoms with Crippen molar-refractivity contribution in [3.8, 4) is 5.75 Å². The molecule has 0 heterocycles. The summed E-state index contributed by atoms with van der Waals surface area (Å²) in [6.45, 7) is 0.136. The van der Waals surface area contributed by atoms with Crippen LogP contribution in [0.5, 0.6) is 5.75 Å². The van der Waals surface area contributed by atoms with E-state index >= 15 is 0 Å². The van der Waals surface area contributed by atoms with Crippen molar-refractivity contribution in [2.24, 2.45) is 0 Å². The van der Waals surface area contributed by atoms with Gasteiger partial charge in [-0.1, -0.05) is 18.2 Å². The average Bonchev–Trinajstić information content (AvgIpc) is 2.12. The molecule has 3 heteroatoms. The van der Waals surface area contributed by atoms with E-state index < -0.39 is 0 Å². The molecule has 3 nitrogen and oxygen atoms in total. The first-order valence-electron chi connectivity index (χ1n) is 4.10. The summed E-state index contributed by atoms with van der Waals surface area (Å²) < 4.78 is 0. The van der Waals surface area contributed by atoms with Crippen molar-refractivity contribution in [2.75, 3.05) is 12.3 Å². The van der Waals surface area contributed by atoms with Gasteiger partial charge in [0.25, 0.3) is 0 Å². The van der Waals surface area contributed by atoms with Gasteiger partial charge in [0, 0.05) is 6.61 Å². The van der Waals surface area contributed by atoms with Gasteiger partial charge < -0.3 is 15.9 Å². The molecule has 0 aliphatic carbocycles. The fourth-order valence-electron chi connectivity index (χ4n) is 0.958. The highest BCUT2D eigenvalue weighted by Crippen LogP contribution is 2.21. The molecule has 0 saturated carbocycles. The number of anilines is 1. The molecule has 70 valence electrons. The van der Waals surface area contributed by atoms with E-state index in [0.29, 0.717) is 12.1 Å². The number of aromatic hydroxyl groups is 1. The Morgan fingerprint density at radius 3 is 2.77 bits per heavy atom. The molecular weight excluding hydrogens is 166 g/mol. The molecule has 0 bridgehead atoms. The number of phenols is 1. The number of rotatable bonds is 3. The summed E-state index contributed by atoms with van der Waals surface area (Å²) in [5, 5.41) is 17.8. The lowest BCUT2D eigenvalue weighted by Crippen LogP contribution is -1.85. The second kappa shape index (κ2) is 4.52. The van der Waals surface area contributed by atoms with E-state index in [-0.39, 0.29) is 12.4 Å². The molecule has 1 rings (SSSR count). The summed E-state index contributed by atoms with van der Waals surface area (Å²) in [4.78, 5) is 0. The standard InChI is InChI=1S/C10H13NO2/c11-9-5-4-8(7-10(9)13)3-1-2-6-12/h1,3-5,7,12-13H,2,6,11H2. The summed E-state index contributed by atoms with van der Waals surface area (Å²) in [5.74, 6) is 0.0890. The number of nitrogen functional groups attached to an aromatic ring is 1. The van der Waals surface area contributed by atoms with Gasteiger partial charge >= 0.3 is 0 Å². The number of aliphatic hydroxyl groups excluding tert-OH is 1. The Morgan fingerprint density at radius 2 is 2.15 bits per heavy atom. The van der Waals surface area contributed by atoms with Crippen LogP contribution in [0.4, 0.5) is 5.69 Å². The molecule has 1 aromatic rings. The Labute approximate surface area is 77.1 Å². The minimum Gasteiger partial charge on any atom is -0.506 e. The molecule has 0 spiro atoms. The van der Waals surface area contributed by atoms with E-state index in [2.05, 4.69) is 0 Å². The molecule has 0 aliphatic rings. The molecule has 0 atom stereocenters. The monoisotopic (exact) mass is 179 g/mol. The van der Waals surface area contributed by atoms with E-state index in [1.165, 1.54) is 0 Å². The van der Waals surface area contributed by atoms with Crippen LogP contribution < -0.4 is 5.73 Å². The molecule has 0 fully saturated rings. The molecule has 0 saturated heterocycles. The van der Waals surface area contributed by atoms with Gasteiger partial charge in [0.2, 0.25) is 0 Å². The quantitative estimate of drug-likeness (QED) is 0.485. The maximum absolute atomic E-state index is 9.25. The number of benzene rings is 1. The van der Waals surface area contributed by atoms with Crippen molar-refractivity contribution in [1.82, 2.24) is 0 Å². The molecule has 4 N–H and O–H groups in total. The summed E-state index contributed by atoms with van der Waals surface area (Å²) in [7, 11) is 0. The van der Waals surface area contributed by atoms with Crippen molar-refractivity contribution >= 4 is 11.8 Å². The van der Waals surface area contributed by atoms with Crippen molar-refractivity contribution in [3.05, 3.63) is 29.8 Å². The smallest absolute Gasteiger partial charge is 0.139 e. The highest BCUT2D eigenvalue weighted by atomic mass is 16.3. The van der Waals surface area contributed by atoms with E-state index in [9.17, 15) is 5.11 Å². The number of phenolic OH excluding ortho intramolecular Hbond substituents is 1. The van der Waals surface area contributed by atoms with Crippen molar-refractivity contribution in [3.63, 3.8) is 0 Å². The van der Waals surface area contributed by atoms with Gasteiger partial charge in [0.15, 0.2) is 0 Å². The van der Waals surface area contributed by atoms with Crippen LogP contribution in [-0.2, 0) is 0 Å². The zero-order valence-electron chi connectivity index (χ0n) is 7.27. The van der Waals surface area contributed by atoms with Crippen LogP contribution in [0.1, 0.15) is 12.0 Å². The summed E-state index contributed by atoms with van der Waals surface area (Å²) in [6, 6.07) is 5.04. The Bertz CT molecular complexity index is 308. The van der Waals surface area contributed by atoms with Crippen molar-refractivity contribution in [2.45, 2.75) is 6.42 Å². The van der Waals surface area contributed by atoms with Gasteiger partial charge in [0.05, 0.1) is 5.69 Å². The lowest BCUT2D eigenvalue weighted by molar-refractivity contribution is 0.303. The normalized spacial score (nSPS) is 10.8. The molecule has 0 unspecified atom stereocenters. The number of aliphatic hydroxyl groups is 1. The molecule has 0 aromatic heterocycles. The van der Waals surface area contributed by atoms with Gasteiger partial charge in [-0.25, -0.2) is 0 Å². The molecule has 1 aromatic carbocycles. The first-order chi connectivity index (χ1) is 6.24. The minimum atomic E-state index is 0.0890. The Balaban J connectivity index is 2.73. The Hall–Kier alpha value is -1.48. The third-order valence-electron chi connectivity index (χ3n) is 1.66. The highest BCUT2D eigenvalue weighted by Gasteiger charge is 1.95. The van der Waals surface area contributed by atoms with Gasteiger partial charge in [0.1, 0.15) is 5.75 Å². The molecule has 0 radical (unpaired) electrons. The number of nitrogens with two attached hydrogens (primary N) is 1. The molecule has 0 amide bonds. The lowest BCUT2D eigenvalue weighted by atomic mass is 10.1. The third-order valence-corrected chi connectivity index (χ3v) is 1.66. The van der Waals surface area contributed by atoms with Gasteiger partial charge in [-0.15, -0.1) is 0 Å². The average molecular weight is 179 g/mol. The maximum Gasteiger partial charge on any atom is 0.139 e. The largest absolute Gasteiger partial charge is 0.506 e. The predicted molar refractivity (Wildman–Crippen MR) is 53.3 cm³/mol. The van der Waals surface area contributed by atoms with Crippen LogP contribution in [0.15, 0.2) is 24.3 Å². The molecular formula is C10H13NO2. The zero-order valence-corrected chi connectivity index (χ0v) is 7.27. The van der Waals surface area contributed by atoms with Gasteiger partial charge in [-0.3, -0.25) is 0 Å². The second-order valence-corrected chi connectivity index (χ2v) is 2.73. The molecule has 0 aliphatic heterocycles. The summed E-state index contributed by atoms with van der Waals surface area (Å²) in [6.07, 6.45) is 4.28. The van der Waals surface area contributed by atoms with Crippen LogP contribution in [0.25, 0.3) is 6.08 Å². The van der Waals surface area contributed by atoms with Crippen molar-refractivity contribution < 1.29 is 10.2 Å². The first-order valence-corrected chi connectivity index (χ1v) is 4.10. The maximum atomic E-state index is 9.25. The Kier molecular flexibility index (Phi) is 3.34. The fourth-order valence-corrected chi connectivity index (χ4v) is 0.958. The van der Waals surface area contributed by atoms with Gasteiger partial charge in [-0.2, -0.15) is 0 Å². The number of hydrogen-bond acceptors (Lipinski definition) is 3. The van der Waals surface area contributed by atoms with E-state index in [4.69, 9.17) is 10.8 Å². The lowest BCUT2D eigenvalue weighted by Gasteiger charge is -1.99. The van der Waals surface area contributed by atoms with Crippen LogP contribution in [0.2, 0.25) is 0 Å². The first kappa shape index (κ1) is 9.61. The predicted octanol–water partition coefficient (Wildman–Crippen LogP) is 1.37. The van der Waals surface area contributed by atoms with Crippen LogP contribution in [0, 0.1) is 0 Å². The fraction of sp³-hybridized carbons (Fsp3) is 0.200. The van der Waals surface area contributed by atoms with Gasteiger partial charge in [-0.05, 0) is 24.1 Å². The SMILES string of the molecule is Nc1ccc(C=CCCO)cc1O. The van der Waals surface area contributed by atoms with Crippen LogP contribution in [0.3, 0.4) is 0 Å². The summed E-state index contributed by atoms with van der Waals surface area (Å²) in [5.41, 5.74) is 6.68. The molecule has 13 heavy (non-hydrogen) atoms. The third kappa shape index (κ3) is 2.80. The highest BCUT2D eigenvalue weighted by molar-refractivity contribution is 5.60. The van der Waals surface area contributed by atoms with E-state index in [1.54, 1.807) is 12.1 Å². The summed E-state index contributed by atoms with van der Waals surface area (Å²) >= 11 is 0. The Morgan fingerprint density at radius 1 is 1.38 bits per heavy atom. The topological polar surface area (TPSA) is 66.5 Å². The second-order valence-electron chi connectivity index (χ2n) is 2.73. The van der Waals surface area contributed by atoms with Crippen LogP contribution >= 0.6 is 0 Å². The number of hydrogen-bond donors (Lipinski definition) is 3.